The zero-order valence-electron chi connectivity index (χ0n) is 15.0. The largest absolute Gasteiger partial charge is 0.369 e. The normalized spacial score (nSPS) is 16.1. The van der Waals surface area contributed by atoms with Crippen LogP contribution in [0.3, 0.4) is 0 Å². The first-order valence-corrected chi connectivity index (χ1v) is 8.75. The highest BCUT2D eigenvalue weighted by molar-refractivity contribution is 5.80. The van der Waals surface area contributed by atoms with Gasteiger partial charge in [-0.25, -0.2) is 9.38 Å². The highest BCUT2D eigenvalue weighted by Gasteiger charge is 2.20. The summed E-state index contributed by atoms with van der Waals surface area (Å²) >= 11 is 0. The molecule has 8 heteroatoms. The third-order valence-electron chi connectivity index (χ3n) is 4.23. The molecule has 4 N–H and O–H groups in total. The molecule has 1 heterocycles. The monoisotopic (exact) mass is 360 g/mol. The number of halogens is 1. The molecule has 0 radical (unpaired) electrons. The number of nitriles is 1. The Balaban J connectivity index is 1.95. The topological polar surface area (TPSA) is 107 Å². The van der Waals surface area contributed by atoms with E-state index < -0.39 is 0 Å². The molecular formula is C18H25FN6O. The van der Waals surface area contributed by atoms with Crippen LogP contribution in [0.1, 0.15) is 30.9 Å². The van der Waals surface area contributed by atoms with Gasteiger partial charge in [0.1, 0.15) is 5.82 Å². The van der Waals surface area contributed by atoms with E-state index in [9.17, 15) is 9.18 Å². The molecule has 26 heavy (non-hydrogen) atoms. The fourth-order valence-electron chi connectivity index (χ4n) is 2.90. The highest BCUT2D eigenvalue weighted by Crippen LogP contribution is 2.12. The maximum Gasteiger partial charge on any atom is 0.231 e. The Hall–Kier alpha value is -2.66. The van der Waals surface area contributed by atoms with Crippen molar-refractivity contribution in [3.05, 3.63) is 35.1 Å². The first-order chi connectivity index (χ1) is 12.5. The summed E-state index contributed by atoms with van der Waals surface area (Å²) in [5, 5.41) is 15.5. The molecule has 0 aromatic heterocycles. The molecular weight excluding hydrogens is 335 g/mol. The Morgan fingerprint density at radius 2 is 2.19 bits per heavy atom. The van der Waals surface area contributed by atoms with Crippen LogP contribution in [-0.2, 0) is 11.3 Å². The summed E-state index contributed by atoms with van der Waals surface area (Å²) in [5.74, 6) is -0.0705. The molecule has 1 aromatic rings. The molecule has 1 aliphatic rings. The van der Waals surface area contributed by atoms with Crippen LogP contribution >= 0.6 is 0 Å². The first-order valence-electron chi connectivity index (χ1n) is 8.75. The molecule has 1 fully saturated rings. The lowest BCUT2D eigenvalue weighted by atomic mass is 10.1. The number of hydrogen-bond acceptors (Lipinski definition) is 4. The lowest BCUT2D eigenvalue weighted by molar-refractivity contribution is -0.119. The van der Waals surface area contributed by atoms with Crippen LogP contribution in [0.25, 0.3) is 0 Å². The quantitative estimate of drug-likeness (QED) is 0.511. The van der Waals surface area contributed by atoms with Gasteiger partial charge in [-0.3, -0.25) is 9.69 Å². The standard InChI is InChI=1S/C18H25FN6O/c1-2-22-18(23-11-14-9-13(10-20)3-4-16(14)19)24-15-5-7-25(8-6-15)12-17(21)26/h3-4,9,15H,2,5-8,11-12H2,1H3,(H2,21,26)(H2,22,23,24). The Labute approximate surface area is 153 Å². The summed E-state index contributed by atoms with van der Waals surface area (Å²) in [4.78, 5) is 17.5. The summed E-state index contributed by atoms with van der Waals surface area (Å²) in [5.41, 5.74) is 6.03. The second kappa shape index (κ2) is 9.73. The smallest absolute Gasteiger partial charge is 0.231 e. The van der Waals surface area contributed by atoms with E-state index in [0.29, 0.717) is 23.6 Å². The van der Waals surface area contributed by atoms with Crippen LogP contribution < -0.4 is 16.4 Å². The van der Waals surface area contributed by atoms with Crippen molar-refractivity contribution in [2.24, 2.45) is 10.7 Å². The van der Waals surface area contributed by atoms with E-state index in [1.54, 1.807) is 0 Å². The van der Waals surface area contributed by atoms with E-state index in [2.05, 4.69) is 15.6 Å². The SMILES string of the molecule is CCNC(=NCc1cc(C#N)ccc1F)NC1CCN(CC(N)=O)CC1. The van der Waals surface area contributed by atoms with Gasteiger partial charge in [-0.1, -0.05) is 0 Å². The van der Waals surface area contributed by atoms with Crippen LogP contribution in [-0.4, -0.2) is 49.0 Å². The molecule has 1 aromatic carbocycles. The third kappa shape index (κ3) is 6.01. The van der Waals surface area contributed by atoms with Crippen molar-refractivity contribution in [2.75, 3.05) is 26.2 Å². The molecule has 2 rings (SSSR count). The number of benzene rings is 1. The number of piperidine rings is 1. The lowest BCUT2D eigenvalue weighted by Crippen LogP contribution is -2.49. The van der Waals surface area contributed by atoms with Gasteiger partial charge in [0, 0.05) is 31.2 Å². The molecule has 0 aliphatic carbocycles. The number of likely N-dealkylation sites (tertiary alicyclic amines) is 1. The van der Waals surface area contributed by atoms with E-state index in [1.807, 2.05) is 17.9 Å². The zero-order valence-corrected chi connectivity index (χ0v) is 15.0. The average molecular weight is 360 g/mol. The van der Waals surface area contributed by atoms with E-state index in [-0.39, 0.29) is 30.9 Å². The van der Waals surface area contributed by atoms with Gasteiger partial charge in [0.2, 0.25) is 5.91 Å². The lowest BCUT2D eigenvalue weighted by Gasteiger charge is -2.32. The van der Waals surface area contributed by atoms with Crippen molar-refractivity contribution in [1.29, 1.82) is 5.26 Å². The number of amides is 1. The zero-order chi connectivity index (χ0) is 18.9. The van der Waals surface area contributed by atoms with Crippen LogP contribution in [0.15, 0.2) is 23.2 Å². The molecule has 140 valence electrons. The number of rotatable bonds is 6. The Kier molecular flexibility index (Phi) is 7.36. The van der Waals surface area contributed by atoms with E-state index in [1.165, 1.54) is 18.2 Å². The molecule has 0 spiro atoms. The number of aliphatic imine (C=N–C) groups is 1. The summed E-state index contributed by atoms with van der Waals surface area (Å²) in [6.45, 7) is 4.67. The second-order valence-electron chi connectivity index (χ2n) is 6.27. The molecule has 0 saturated carbocycles. The number of nitrogens with one attached hydrogen (secondary N) is 2. The van der Waals surface area contributed by atoms with Gasteiger partial charge in [-0.2, -0.15) is 5.26 Å². The molecule has 0 bridgehead atoms. The third-order valence-corrected chi connectivity index (χ3v) is 4.23. The molecule has 0 unspecified atom stereocenters. The molecule has 7 nitrogen and oxygen atoms in total. The van der Waals surface area contributed by atoms with Crippen molar-refractivity contribution in [3.8, 4) is 6.07 Å². The minimum atomic E-state index is -0.372. The van der Waals surface area contributed by atoms with Gasteiger partial charge in [-0.05, 0) is 38.0 Å². The fourth-order valence-corrected chi connectivity index (χ4v) is 2.90. The number of nitrogens with zero attached hydrogens (tertiary/aromatic N) is 3. The number of carbonyl (C=O) groups excluding carboxylic acids is 1. The van der Waals surface area contributed by atoms with Crippen molar-refractivity contribution in [2.45, 2.75) is 32.4 Å². The number of nitrogens with two attached hydrogens (primary N) is 1. The van der Waals surface area contributed by atoms with Crippen LogP contribution in [0, 0.1) is 17.1 Å². The van der Waals surface area contributed by atoms with Gasteiger partial charge < -0.3 is 16.4 Å². The van der Waals surface area contributed by atoms with Crippen molar-refractivity contribution >= 4 is 11.9 Å². The van der Waals surface area contributed by atoms with Crippen LogP contribution in [0.4, 0.5) is 4.39 Å². The maximum atomic E-state index is 13.9. The van der Waals surface area contributed by atoms with Gasteiger partial charge >= 0.3 is 0 Å². The molecule has 1 saturated heterocycles. The van der Waals surface area contributed by atoms with E-state index in [4.69, 9.17) is 11.0 Å². The maximum absolute atomic E-state index is 13.9. The number of carbonyl (C=O) groups is 1. The molecule has 0 atom stereocenters. The predicted octanol–water partition coefficient (Wildman–Crippen LogP) is 0.702. The fraction of sp³-hybridized carbons (Fsp3) is 0.500. The molecule has 1 amide bonds. The second-order valence-corrected chi connectivity index (χ2v) is 6.27. The first kappa shape index (κ1) is 19.7. The van der Waals surface area contributed by atoms with Crippen molar-refractivity contribution in [1.82, 2.24) is 15.5 Å². The molecule has 1 aliphatic heterocycles. The Morgan fingerprint density at radius 3 is 2.81 bits per heavy atom. The Bertz CT molecular complexity index is 691. The Morgan fingerprint density at radius 1 is 1.46 bits per heavy atom. The summed E-state index contributed by atoms with van der Waals surface area (Å²) < 4.78 is 13.9. The number of guanidine groups is 1. The summed E-state index contributed by atoms with van der Waals surface area (Å²) in [6, 6.07) is 6.49. The van der Waals surface area contributed by atoms with Crippen LogP contribution in [0.2, 0.25) is 0 Å². The summed E-state index contributed by atoms with van der Waals surface area (Å²) in [7, 11) is 0. The van der Waals surface area contributed by atoms with Gasteiger partial charge in [0.15, 0.2) is 5.96 Å². The minimum absolute atomic E-state index is 0.150. The number of primary amides is 1. The van der Waals surface area contributed by atoms with E-state index >= 15 is 0 Å². The highest BCUT2D eigenvalue weighted by atomic mass is 19.1. The van der Waals surface area contributed by atoms with Gasteiger partial charge in [0.25, 0.3) is 0 Å². The van der Waals surface area contributed by atoms with Gasteiger partial charge in [0.05, 0.1) is 24.7 Å². The van der Waals surface area contributed by atoms with Gasteiger partial charge in [-0.15, -0.1) is 0 Å². The van der Waals surface area contributed by atoms with Crippen LogP contribution in [0.5, 0.6) is 0 Å². The summed E-state index contributed by atoms with van der Waals surface area (Å²) in [6.07, 6.45) is 1.74. The van der Waals surface area contributed by atoms with Crippen molar-refractivity contribution < 1.29 is 9.18 Å². The average Bonchev–Trinajstić information content (AvgIpc) is 2.62. The van der Waals surface area contributed by atoms with Crippen molar-refractivity contribution in [3.63, 3.8) is 0 Å². The predicted molar refractivity (Wildman–Crippen MR) is 97.7 cm³/mol. The van der Waals surface area contributed by atoms with E-state index in [0.717, 1.165) is 25.9 Å². The minimum Gasteiger partial charge on any atom is -0.369 e. The number of hydrogen-bond donors (Lipinski definition) is 3.